The molecule has 17 heavy (non-hydrogen) atoms. The monoisotopic (exact) mass is 304 g/mol. The van der Waals surface area contributed by atoms with Crippen molar-refractivity contribution < 1.29 is 4.79 Å². The van der Waals surface area contributed by atoms with E-state index in [1.807, 2.05) is 13.8 Å². The van der Waals surface area contributed by atoms with Crippen molar-refractivity contribution in [3.63, 3.8) is 0 Å². The second-order valence-electron chi connectivity index (χ2n) is 5.83. The normalized spacial score (nSPS) is 20.4. The van der Waals surface area contributed by atoms with Gasteiger partial charge in [-0.1, -0.05) is 35.2 Å². The molecule has 1 amide bonds. The van der Waals surface area contributed by atoms with Gasteiger partial charge in [0.05, 0.1) is 4.32 Å². The van der Waals surface area contributed by atoms with Gasteiger partial charge in [-0.05, 0) is 40.8 Å². The Morgan fingerprint density at radius 3 is 2.24 bits per heavy atom. The van der Waals surface area contributed by atoms with Crippen LogP contribution in [0.25, 0.3) is 0 Å². The molecule has 1 saturated carbocycles. The van der Waals surface area contributed by atoms with Crippen LogP contribution in [0.4, 0.5) is 0 Å². The lowest BCUT2D eigenvalue weighted by molar-refractivity contribution is -0.123. The van der Waals surface area contributed by atoms with E-state index in [0.29, 0.717) is 0 Å². The van der Waals surface area contributed by atoms with Crippen molar-refractivity contribution >= 4 is 21.8 Å². The maximum Gasteiger partial charge on any atom is 0.236 e. The lowest BCUT2D eigenvalue weighted by Crippen LogP contribution is -2.55. The number of hydrogen-bond acceptors (Lipinski definition) is 2. The maximum absolute atomic E-state index is 11.9. The molecule has 0 radical (unpaired) electrons. The van der Waals surface area contributed by atoms with Gasteiger partial charge in [-0.15, -0.1) is 0 Å². The lowest BCUT2D eigenvalue weighted by atomic mass is 9.80. The van der Waals surface area contributed by atoms with Gasteiger partial charge < -0.3 is 10.2 Å². The fourth-order valence-corrected chi connectivity index (χ4v) is 2.59. The Hall–Kier alpha value is -0.0900. The van der Waals surface area contributed by atoms with Gasteiger partial charge in [0.25, 0.3) is 0 Å². The van der Waals surface area contributed by atoms with E-state index in [4.69, 9.17) is 0 Å². The second kappa shape index (κ2) is 5.70. The Balaban J connectivity index is 2.59. The summed E-state index contributed by atoms with van der Waals surface area (Å²) in [6.45, 7) is 4.52. The van der Waals surface area contributed by atoms with Crippen LogP contribution in [0.1, 0.15) is 46.0 Å². The van der Waals surface area contributed by atoms with Crippen LogP contribution < -0.4 is 5.32 Å². The summed E-state index contributed by atoms with van der Waals surface area (Å²) in [6.07, 6.45) is 6.23. The van der Waals surface area contributed by atoms with E-state index < -0.39 is 4.32 Å². The molecule has 1 fully saturated rings. The van der Waals surface area contributed by atoms with E-state index >= 15 is 0 Å². The van der Waals surface area contributed by atoms with Crippen LogP contribution in [0.2, 0.25) is 0 Å². The molecule has 0 bridgehead atoms. The Labute approximate surface area is 113 Å². The largest absolute Gasteiger partial charge is 0.353 e. The third kappa shape index (κ3) is 3.95. The molecular weight excluding hydrogens is 280 g/mol. The third-order valence-electron chi connectivity index (χ3n) is 3.85. The number of amides is 1. The summed E-state index contributed by atoms with van der Waals surface area (Å²) in [5, 5.41) is 3.09. The average molecular weight is 305 g/mol. The van der Waals surface area contributed by atoms with Crippen molar-refractivity contribution in [3.8, 4) is 0 Å². The molecule has 0 aliphatic heterocycles. The molecule has 0 unspecified atom stereocenters. The highest BCUT2D eigenvalue weighted by Gasteiger charge is 2.35. The minimum absolute atomic E-state index is 0.0734. The van der Waals surface area contributed by atoms with E-state index in [0.717, 1.165) is 6.54 Å². The summed E-state index contributed by atoms with van der Waals surface area (Å²) in [5.74, 6) is 0.0734. The molecule has 0 aromatic heterocycles. The van der Waals surface area contributed by atoms with Crippen molar-refractivity contribution in [1.29, 1.82) is 0 Å². The Morgan fingerprint density at radius 2 is 1.82 bits per heavy atom. The molecule has 1 N–H and O–H groups in total. The number of carbonyl (C=O) groups excluding carboxylic acids is 1. The summed E-state index contributed by atoms with van der Waals surface area (Å²) in [6, 6.07) is 0. The number of nitrogens with one attached hydrogen (secondary N) is 1. The lowest BCUT2D eigenvalue weighted by Gasteiger charge is -2.43. The zero-order chi connectivity index (χ0) is 13.1. The summed E-state index contributed by atoms with van der Waals surface area (Å²) >= 11 is 3.40. The number of carbonyl (C=O) groups is 1. The molecule has 0 heterocycles. The number of likely N-dealkylation sites (N-methyl/N-ethyl adjacent to an activating group) is 1. The fraction of sp³-hybridized carbons (Fsp3) is 0.923. The number of nitrogens with zero attached hydrogens (tertiary/aromatic N) is 1. The fourth-order valence-electron chi connectivity index (χ4n) is 2.45. The van der Waals surface area contributed by atoms with Gasteiger partial charge in [-0.3, -0.25) is 4.79 Å². The number of rotatable bonds is 4. The Kier molecular flexibility index (Phi) is 5.02. The number of hydrogen-bond donors (Lipinski definition) is 1. The number of halogens is 1. The topological polar surface area (TPSA) is 32.3 Å². The zero-order valence-electron chi connectivity index (χ0n) is 11.5. The van der Waals surface area contributed by atoms with E-state index in [9.17, 15) is 4.79 Å². The van der Waals surface area contributed by atoms with Gasteiger partial charge in [-0.25, -0.2) is 0 Å². The van der Waals surface area contributed by atoms with Crippen LogP contribution in [0.15, 0.2) is 0 Å². The SMILES string of the molecule is CN(C)C1(CNC(=O)C(C)(C)Br)CCCCC1. The van der Waals surface area contributed by atoms with Gasteiger partial charge in [0, 0.05) is 12.1 Å². The summed E-state index contributed by atoms with van der Waals surface area (Å²) in [5.41, 5.74) is 0.159. The summed E-state index contributed by atoms with van der Waals surface area (Å²) < 4.78 is -0.477. The molecular formula is C13H25BrN2O. The predicted octanol–water partition coefficient (Wildman–Crippen LogP) is 2.54. The standard InChI is InChI=1S/C13H25BrN2O/c1-12(2,14)11(17)15-10-13(16(3)4)8-6-5-7-9-13/h5-10H2,1-4H3,(H,15,17). The van der Waals surface area contributed by atoms with E-state index in [-0.39, 0.29) is 11.4 Å². The van der Waals surface area contributed by atoms with Crippen molar-refractivity contribution in [2.75, 3.05) is 20.6 Å². The maximum atomic E-state index is 11.9. The summed E-state index contributed by atoms with van der Waals surface area (Å²) in [7, 11) is 4.24. The quantitative estimate of drug-likeness (QED) is 0.810. The summed E-state index contributed by atoms with van der Waals surface area (Å²) in [4.78, 5) is 14.2. The highest BCUT2D eigenvalue weighted by molar-refractivity contribution is 9.10. The minimum Gasteiger partial charge on any atom is -0.353 e. The molecule has 1 aliphatic rings. The van der Waals surface area contributed by atoms with Crippen LogP contribution in [0.3, 0.4) is 0 Å². The van der Waals surface area contributed by atoms with E-state index in [1.54, 1.807) is 0 Å². The zero-order valence-corrected chi connectivity index (χ0v) is 13.1. The van der Waals surface area contributed by atoms with E-state index in [2.05, 4.69) is 40.2 Å². The van der Waals surface area contributed by atoms with Gasteiger partial charge in [0.2, 0.25) is 5.91 Å². The third-order valence-corrected chi connectivity index (χ3v) is 4.21. The van der Waals surface area contributed by atoms with Crippen LogP contribution in [0, 0.1) is 0 Å². The minimum atomic E-state index is -0.477. The molecule has 3 nitrogen and oxygen atoms in total. The Morgan fingerprint density at radius 1 is 1.29 bits per heavy atom. The average Bonchev–Trinajstić information content (AvgIpc) is 2.25. The van der Waals surface area contributed by atoms with Crippen LogP contribution >= 0.6 is 15.9 Å². The molecule has 1 rings (SSSR count). The molecule has 100 valence electrons. The molecule has 4 heteroatoms. The first-order chi connectivity index (χ1) is 7.78. The van der Waals surface area contributed by atoms with Crippen molar-refractivity contribution in [2.45, 2.75) is 55.8 Å². The first kappa shape index (κ1) is 15.0. The highest BCUT2D eigenvalue weighted by atomic mass is 79.9. The second-order valence-corrected chi connectivity index (χ2v) is 7.82. The van der Waals surface area contributed by atoms with Crippen molar-refractivity contribution in [2.24, 2.45) is 0 Å². The molecule has 0 saturated heterocycles. The first-order valence-corrected chi connectivity index (χ1v) is 7.22. The molecule has 1 aliphatic carbocycles. The molecule has 0 aromatic rings. The van der Waals surface area contributed by atoms with Crippen LogP contribution in [-0.2, 0) is 4.79 Å². The molecule has 0 atom stereocenters. The van der Waals surface area contributed by atoms with Gasteiger partial charge in [0.1, 0.15) is 0 Å². The molecule has 0 spiro atoms. The van der Waals surface area contributed by atoms with Crippen molar-refractivity contribution in [3.05, 3.63) is 0 Å². The first-order valence-electron chi connectivity index (χ1n) is 6.43. The van der Waals surface area contributed by atoms with Crippen LogP contribution in [-0.4, -0.2) is 41.3 Å². The van der Waals surface area contributed by atoms with Crippen molar-refractivity contribution in [1.82, 2.24) is 10.2 Å². The number of alkyl halides is 1. The smallest absolute Gasteiger partial charge is 0.236 e. The van der Waals surface area contributed by atoms with E-state index in [1.165, 1.54) is 32.1 Å². The van der Waals surface area contributed by atoms with Gasteiger partial charge >= 0.3 is 0 Å². The predicted molar refractivity (Wildman–Crippen MR) is 75.5 cm³/mol. The van der Waals surface area contributed by atoms with Gasteiger partial charge in [0.15, 0.2) is 0 Å². The molecule has 0 aromatic carbocycles. The highest BCUT2D eigenvalue weighted by Crippen LogP contribution is 2.31. The Bertz CT molecular complexity index is 265. The van der Waals surface area contributed by atoms with Gasteiger partial charge in [-0.2, -0.15) is 0 Å². The van der Waals surface area contributed by atoms with Crippen LogP contribution in [0.5, 0.6) is 0 Å².